The Morgan fingerprint density at radius 3 is 2.33 bits per heavy atom. The fourth-order valence-electron chi connectivity index (χ4n) is 2.88. The van der Waals surface area contributed by atoms with Crippen molar-refractivity contribution in [3.05, 3.63) is 17.3 Å². The van der Waals surface area contributed by atoms with Crippen molar-refractivity contribution < 1.29 is 17.6 Å². The van der Waals surface area contributed by atoms with Crippen LogP contribution in [0.5, 0.6) is 5.88 Å². The van der Waals surface area contributed by atoms with Gasteiger partial charge in [-0.3, -0.25) is 0 Å². The van der Waals surface area contributed by atoms with E-state index in [9.17, 15) is 8.42 Å². The van der Waals surface area contributed by atoms with E-state index in [1.54, 1.807) is 0 Å². The van der Waals surface area contributed by atoms with Gasteiger partial charge in [0.25, 0.3) is 0 Å². The Labute approximate surface area is 169 Å². The fourth-order valence-corrected chi connectivity index (χ4v) is 5.07. The second kappa shape index (κ2) is 8.37. The van der Waals surface area contributed by atoms with Crippen LogP contribution >= 0.6 is 11.6 Å². The fraction of sp³-hybridized carbons (Fsp3) is 0.722. The summed E-state index contributed by atoms with van der Waals surface area (Å²) in [7, 11) is -5.55. The van der Waals surface area contributed by atoms with E-state index in [4.69, 9.17) is 25.9 Å². The van der Waals surface area contributed by atoms with Crippen LogP contribution < -0.4 is 9.88 Å². The lowest BCUT2D eigenvalue weighted by atomic mass is 9.88. The molecule has 1 fully saturated rings. The van der Waals surface area contributed by atoms with Gasteiger partial charge >= 0.3 is 0 Å². The normalized spacial score (nSPS) is 21.9. The Kier molecular flexibility index (Phi) is 7.01. The number of hydrogen-bond donors (Lipinski definition) is 1. The molecule has 1 heterocycles. The molecule has 0 unspecified atom stereocenters. The highest BCUT2D eigenvalue weighted by atomic mass is 35.5. The SMILES string of the molecule is CC(C)(C)[Si](C)(C)OC1CCC(COc2ncc(S(N)(=O)=O)cc2Cl)CC1. The van der Waals surface area contributed by atoms with E-state index >= 15 is 0 Å². The molecule has 154 valence electrons. The van der Waals surface area contributed by atoms with Crippen LogP contribution in [-0.2, 0) is 14.4 Å². The molecule has 2 rings (SSSR count). The number of nitrogens with zero attached hydrogens (tertiary/aromatic N) is 1. The first-order chi connectivity index (χ1) is 12.3. The molecule has 0 aromatic carbocycles. The van der Waals surface area contributed by atoms with Crippen LogP contribution in [0, 0.1) is 5.92 Å². The van der Waals surface area contributed by atoms with Gasteiger partial charge in [-0.25, -0.2) is 18.5 Å². The van der Waals surface area contributed by atoms with Crippen LogP contribution in [0.1, 0.15) is 46.5 Å². The number of pyridine rings is 1. The van der Waals surface area contributed by atoms with E-state index in [1.807, 2.05) is 0 Å². The van der Waals surface area contributed by atoms with Gasteiger partial charge in [0, 0.05) is 6.10 Å². The third kappa shape index (κ3) is 6.15. The molecule has 0 spiro atoms. The van der Waals surface area contributed by atoms with Crippen LogP contribution in [0.3, 0.4) is 0 Å². The van der Waals surface area contributed by atoms with Gasteiger partial charge in [-0.1, -0.05) is 32.4 Å². The van der Waals surface area contributed by atoms with E-state index < -0.39 is 18.3 Å². The van der Waals surface area contributed by atoms with Crippen LogP contribution in [0.25, 0.3) is 0 Å². The second-order valence-electron chi connectivity index (χ2n) is 8.83. The Balaban J connectivity index is 1.85. The average molecular weight is 435 g/mol. The van der Waals surface area contributed by atoms with Crippen molar-refractivity contribution in [2.45, 2.75) is 75.6 Å². The molecule has 6 nitrogen and oxygen atoms in total. The molecule has 27 heavy (non-hydrogen) atoms. The smallest absolute Gasteiger partial charge is 0.239 e. The zero-order chi connectivity index (χ0) is 20.5. The first-order valence-electron chi connectivity index (χ1n) is 9.28. The van der Waals surface area contributed by atoms with E-state index in [1.165, 1.54) is 12.3 Å². The van der Waals surface area contributed by atoms with Crippen molar-refractivity contribution in [1.29, 1.82) is 0 Å². The molecular formula is C18H31ClN2O4SSi. The lowest BCUT2D eigenvalue weighted by Gasteiger charge is -2.41. The van der Waals surface area contributed by atoms with Crippen molar-refractivity contribution >= 4 is 29.9 Å². The highest BCUT2D eigenvalue weighted by Crippen LogP contribution is 2.39. The molecule has 0 atom stereocenters. The van der Waals surface area contributed by atoms with E-state index in [-0.39, 0.29) is 20.8 Å². The van der Waals surface area contributed by atoms with Gasteiger partial charge < -0.3 is 9.16 Å². The average Bonchev–Trinajstić information content (AvgIpc) is 2.53. The summed E-state index contributed by atoms with van der Waals surface area (Å²) in [4.78, 5) is 3.86. The zero-order valence-corrected chi connectivity index (χ0v) is 19.4. The maximum atomic E-state index is 11.3. The molecule has 0 amide bonds. The van der Waals surface area contributed by atoms with Crippen LogP contribution in [0.15, 0.2) is 17.2 Å². The second-order valence-corrected chi connectivity index (χ2v) is 15.6. The number of ether oxygens (including phenoxy) is 1. The molecule has 0 saturated heterocycles. The van der Waals surface area contributed by atoms with Crippen LogP contribution in [0.2, 0.25) is 23.2 Å². The largest absolute Gasteiger partial charge is 0.476 e. The number of aromatic nitrogens is 1. The Hall–Kier alpha value is -0.673. The minimum atomic E-state index is -3.82. The number of nitrogens with two attached hydrogens (primary N) is 1. The standard InChI is InChI=1S/C18H31ClN2O4SSi/c1-18(2,3)27(4,5)25-14-8-6-13(7-9-14)12-24-17-16(19)10-15(11-21-17)26(20,22)23/h10-11,13-14H,6-9,12H2,1-5H3,(H2,20,22,23). The minimum absolute atomic E-state index is 0.122. The third-order valence-electron chi connectivity index (χ3n) is 5.63. The molecule has 1 aromatic rings. The summed E-state index contributed by atoms with van der Waals surface area (Å²) in [5.74, 6) is 0.656. The van der Waals surface area contributed by atoms with Gasteiger partial charge in [0.05, 0.1) is 12.8 Å². The Morgan fingerprint density at radius 1 is 1.26 bits per heavy atom. The predicted octanol–water partition coefficient (Wildman–Crippen LogP) is 4.34. The highest BCUT2D eigenvalue weighted by molar-refractivity contribution is 7.89. The van der Waals surface area contributed by atoms with Gasteiger partial charge in [0.2, 0.25) is 15.9 Å². The monoisotopic (exact) mass is 434 g/mol. The molecule has 1 aromatic heterocycles. The quantitative estimate of drug-likeness (QED) is 0.672. The van der Waals surface area contributed by atoms with Crippen molar-refractivity contribution in [3.8, 4) is 5.88 Å². The number of rotatable bonds is 6. The van der Waals surface area contributed by atoms with Crippen molar-refractivity contribution in [2.24, 2.45) is 11.1 Å². The maximum Gasteiger partial charge on any atom is 0.239 e. The molecule has 1 saturated carbocycles. The van der Waals surface area contributed by atoms with E-state index in [0.29, 0.717) is 18.6 Å². The summed E-state index contributed by atoms with van der Waals surface area (Å²) >= 11 is 6.07. The summed E-state index contributed by atoms with van der Waals surface area (Å²) in [6.45, 7) is 11.9. The summed E-state index contributed by atoms with van der Waals surface area (Å²) in [6, 6.07) is 1.27. The van der Waals surface area contributed by atoms with Crippen molar-refractivity contribution in [2.75, 3.05) is 6.61 Å². The molecule has 1 aliphatic carbocycles. The number of halogens is 1. The lowest BCUT2D eigenvalue weighted by molar-refractivity contribution is 0.0976. The highest BCUT2D eigenvalue weighted by Gasteiger charge is 2.39. The number of hydrogen-bond acceptors (Lipinski definition) is 5. The maximum absolute atomic E-state index is 11.3. The van der Waals surface area contributed by atoms with Gasteiger partial charge in [-0.2, -0.15) is 0 Å². The lowest BCUT2D eigenvalue weighted by Crippen LogP contribution is -2.44. The third-order valence-corrected chi connectivity index (χ3v) is 11.3. The molecule has 0 radical (unpaired) electrons. The van der Waals surface area contributed by atoms with Crippen molar-refractivity contribution in [3.63, 3.8) is 0 Å². The number of sulfonamides is 1. The first-order valence-corrected chi connectivity index (χ1v) is 14.1. The van der Waals surface area contributed by atoms with Crippen LogP contribution in [-0.4, -0.2) is 34.4 Å². The zero-order valence-electron chi connectivity index (χ0n) is 16.8. The molecule has 0 aliphatic heterocycles. The van der Waals surface area contributed by atoms with Gasteiger partial charge in [0.15, 0.2) is 8.32 Å². The summed E-state index contributed by atoms with van der Waals surface area (Å²) in [6.07, 6.45) is 5.63. The summed E-state index contributed by atoms with van der Waals surface area (Å²) in [5, 5.41) is 5.44. The number of primary sulfonamides is 1. The van der Waals surface area contributed by atoms with Gasteiger partial charge in [-0.05, 0) is 55.8 Å². The molecule has 2 N–H and O–H groups in total. The van der Waals surface area contributed by atoms with Gasteiger partial charge in [-0.15, -0.1) is 0 Å². The van der Waals surface area contributed by atoms with Crippen molar-refractivity contribution in [1.82, 2.24) is 4.98 Å². The van der Waals surface area contributed by atoms with E-state index in [0.717, 1.165) is 25.7 Å². The predicted molar refractivity (Wildman–Crippen MR) is 110 cm³/mol. The van der Waals surface area contributed by atoms with E-state index in [2.05, 4.69) is 38.8 Å². The summed E-state index contributed by atoms with van der Waals surface area (Å²) < 4.78 is 34.9. The van der Waals surface area contributed by atoms with Crippen LogP contribution in [0.4, 0.5) is 0 Å². The molecule has 1 aliphatic rings. The summed E-state index contributed by atoms with van der Waals surface area (Å²) in [5.41, 5.74) is 0. The topological polar surface area (TPSA) is 91.5 Å². The molecular weight excluding hydrogens is 404 g/mol. The van der Waals surface area contributed by atoms with Gasteiger partial charge in [0.1, 0.15) is 9.92 Å². The Morgan fingerprint density at radius 2 is 1.85 bits per heavy atom. The first kappa shape index (κ1) is 22.6. The minimum Gasteiger partial charge on any atom is -0.476 e. The molecule has 0 bridgehead atoms. The molecule has 9 heteroatoms. The Bertz CT molecular complexity index is 757.